The number of pyridine rings is 2. The molecule has 3 heteroatoms. The molecule has 0 aliphatic carbocycles. The van der Waals surface area contributed by atoms with Crippen LogP contribution in [0.5, 0.6) is 0 Å². The molecule has 0 aliphatic heterocycles. The Labute approximate surface area is 214 Å². The fourth-order valence-electron chi connectivity index (χ4n) is 5.13. The number of hydrogen-bond acceptors (Lipinski definition) is 3. The summed E-state index contributed by atoms with van der Waals surface area (Å²) >= 11 is 0. The quantitative estimate of drug-likeness (QED) is 0.255. The van der Waals surface area contributed by atoms with E-state index in [4.69, 9.17) is 4.42 Å². The van der Waals surface area contributed by atoms with Gasteiger partial charge in [-0.15, -0.1) is 0 Å². The van der Waals surface area contributed by atoms with Gasteiger partial charge < -0.3 is 4.42 Å². The summed E-state index contributed by atoms with van der Waals surface area (Å²) in [7, 11) is 0. The summed E-state index contributed by atoms with van der Waals surface area (Å²) in [5.41, 5.74) is 10.7. The van der Waals surface area contributed by atoms with Crippen molar-refractivity contribution in [2.24, 2.45) is 0 Å². The molecule has 0 saturated carbocycles. The first kappa shape index (κ1) is 21.3. The van der Waals surface area contributed by atoms with Gasteiger partial charge in [0, 0.05) is 52.3 Å². The van der Waals surface area contributed by atoms with Gasteiger partial charge in [-0.25, -0.2) is 0 Å². The van der Waals surface area contributed by atoms with E-state index in [0.717, 1.165) is 66.4 Å². The fraction of sp³-hybridized carbons (Fsp3) is 0. The second-order valence-corrected chi connectivity index (χ2v) is 9.07. The Kier molecular flexibility index (Phi) is 5.11. The number of nitrogens with zero attached hydrogens (tertiary/aromatic N) is 2. The van der Waals surface area contributed by atoms with Crippen molar-refractivity contribution in [2.45, 2.75) is 0 Å². The third-order valence-corrected chi connectivity index (χ3v) is 6.90. The Bertz CT molecular complexity index is 1850. The van der Waals surface area contributed by atoms with Crippen LogP contribution < -0.4 is 0 Å². The molecule has 4 aromatic carbocycles. The molecule has 3 aromatic heterocycles. The first-order valence-corrected chi connectivity index (χ1v) is 12.3. The first-order chi connectivity index (χ1) is 18.4. The number of para-hydroxylation sites is 2. The number of rotatable bonds is 4. The molecule has 0 atom stereocenters. The van der Waals surface area contributed by atoms with E-state index in [0.29, 0.717) is 0 Å². The van der Waals surface area contributed by atoms with Crippen LogP contribution in [0.15, 0.2) is 138 Å². The SMILES string of the molecule is c1cncc(-c2ccc(-c3cccc4c3oc3c(-c5ccccc5-c5cccnc5)cccc34)cc2)c1. The van der Waals surface area contributed by atoms with E-state index in [1.165, 1.54) is 0 Å². The van der Waals surface area contributed by atoms with Crippen molar-refractivity contribution in [3.8, 4) is 44.5 Å². The molecule has 0 saturated heterocycles. The number of fused-ring (bicyclic) bond motifs is 3. The minimum Gasteiger partial charge on any atom is -0.455 e. The molecule has 3 heterocycles. The van der Waals surface area contributed by atoms with Crippen molar-refractivity contribution in [3.05, 3.63) is 134 Å². The number of benzene rings is 4. The average Bonchev–Trinajstić information content (AvgIpc) is 3.37. The second kappa shape index (κ2) is 8.89. The summed E-state index contributed by atoms with van der Waals surface area (Å²) in [6.07, 6.45) is 7.39. The molecule has 0 radical (unpaired) electrons. The number of furan rings is 1. The summed E-state index contributed by atoms with van der Waals surface area (Å²) in [6, 6.07) is 37.9. The largest absolute Gasteiger partial charge is 0.455 e. The normalized spacial score (nSPS) is 11.2. The molecule has 0 bridgehead atoms. The van der Waals surface area contributed by atoms with Crippen molar-refractivity contribution < 1.29 is 4.42 Å². The zero-order chi connectivity index (χ0) is 24.6. The molecule has 0 aliphatic rings. The van der Waals surface area contributed by atoms with Crippen molar-refractivity contribution in [1.82, 2.24) is 9.97 Å². The van der Waals surface area contributed by atoms with E-state index in [1.54, 1.807) is 12.4 Å². The van der Waals surface area contributed by atoms with Crippen LogP contribution in [0.25, 0.3) is 66.4 Å². The van der Waals surface area contributed by atoms with Gasteiger partial charge in [0.1, 0.15) is 11.2 Å². The van der Waals surface area contributed by atoms with Gasteiger partial charge in [-0.2, -0.15) is 0 Å². The highest BCUT2D eigenvalue weighted by atomic mass is 16.3. The highest BCUT2D eigenvalue weighted by Gasteiger charge is 2.17. The van der Waals surface area contributed by atoms with Gasteiger partial charge >= 0.3 is 0 Å². The average molecular weight is 475 g/mol. The van der Waals surface area contributed by atoms with Gasteiger partial charge in [0.05, 0.1) is 0 Å². The molecule has 0 unspecified atom stereocenters. The molecule has 7 rings (SSSR count). The number of aromatic nitrogens is 2. The van der Waals surface area contributed by atoms with Crippen molar-refractivity contribution in [1.29, 1.82) is 0 Å². The highest BCUT2D eigenvalue weighted by molar-refractivity contribution is 6.13. The molecule has 0 fully saturated rings. The van der Waals surface area contributed by atoms with E-state index in [1.807, 2.05) is 24.5 Å². The summed E-state index contributed by atoms with van der Waals surface area (Å²) in [5, 5.41) is 2.23. The zero-order valence-electron chi connectivity index (χ0n) is 20.0. The Hall–Kier alpha value is -5.02. The maximum Gasteiger partial charge on any atom is 0.143 e. The molecule has 7 aromatic rings. The first-order valence-electron chi connectivity index (χ1n) is 12.3. The predicted molar refractivity (Wildman–Crippen MR) is 151 cm³/mol. The third kappa shape index (κ3) is 3.69. The van der Waals surface area contributed by atoms with Crippen molar-refractivity contribution in [3.63, 3.8) is 0 Å². The molecular formula is C34H22N2O. The van der Waals surface area contributed by atoms with Gasteiger partial charge in [-0.3, -0.25) is 9.97 Å². The van der Waals surface area contributed by atoms with Crippen LogP contribution in [0.3, 0.4) is 0 Å². The molecule has 0 spiro atoms. The van der Waals surface area contributed by atoms with Gasteiger partial charge in [0.15, 0.2) is 0 Å². The summed E-state index contributed by atoms with van der Waals surface area (Å²) in [6.45, 7) is 0. The Morgan fingerprint density at radius 3 is 1.62 bits per heavy atom. The van der Waals surface area contributed by atoms with Crippen LogP contribution in [0.1, 0.15) is 0 Å². The van der Waals surface area contributed by atoms with Crippen LogP contribution in [0.2, 0.25) is 0 Å². The van der Waals surface area contributed by atoms with Crippen LogP contribution in [0.4, 0.5) is 0 Å². The molecule has 3 nitrogen and oxygen atoms in total. The van der Waals surface area contributed by atoms with Gasteiger partial charge in [-0.1, -0.05) is 97.1 Å². The lowest BCUT2D eigenvalue weighted by atomic mass is 9.94. The lowest BCUT2D eigenvalue weighted by Gasteiger charge is -2.10. The molecule has 0 amide bonds. The molecule has 174 valence electrons. The highest BCUT2D eigenvalue weighted by Crippen LogP contribution is 2.42. The summed E-state index contributed by atoms with van der Waals surface area (Å²) in [5.74, 6) is 0. The topological polar surface area (TPSA) is 38.9 Å². The molecular weight excluding hydrogens is 452 g/mol. The van der Waals surface area contributed by atoms with E-state index in [2.05, 4.69) is 107 Å². The summed E-state index contributed by atoms with van der Waals surface area (Å²) < 4.78 is 6.70. The summed E-state index contributed by atoms with van der Waals surface area (Å²) in [4.78, 5) is 8.58. The van der Waals surface area contributed by atoms with E-state index >= 15 is 0 Å². The van der Waals surface area contributed by atoms with E-state index < -0.39 is 0 Å². The Morgan fingerprint density at radius 2 is 0.946 bits per heavy atom. The van der Waals surface area contributed by atoms with Gasteiger partial charge in [0.2, 0.25) is 0 Å². The van der Waals surface area contributed by atoms with Crippen LogP contribution in [-0.4, -0.2) is 9.97 Å². The molecule has 0 N–H and O–H groups in total. The monoisotopic (exact) mass is 474 g/mol. The standard InChI is InChI=1S/C34H22N2O/c1-2-10-29(27(9-1)26-8-6-20-36-22-26)30-12-4-14-32-31-13-3-11-28(33(31)37-34(30)32)24-17-15-23(16-18-24)25-7-5-19-35-21-25/h1-22H. The Balaban J connectivity index is 1.39. The lowest BCUT2D eigenvalue weighted by molar-refractivity contribution is 0.671. The Morgan fingerprint density at radius 1 is 0.378 bits per heavy atom. The molecule has 37 heavy (non-hydrogen) atoms. The van der Waals surface area contributed by atoms with Gasteiger partial charge in [0.25, 0.3) is 0 Å². The van der Waals surface area contributed by atoms with Crippen molar-refractivity contribution >= 4 is 21.9 Å². The third-order valence-electron chi connectivity index (χ3n) is 6.90. The van der Waals surface area contributed by atoms with Gasteiger partial charge in [-0.05, 0) is 39.9 Å². The lowest BCUT2D eigenvalue weighted by Crippen LogP contribution is -1.86. The predicted octanol–water partition coefficient (Wildman–Crippen LogP) is 9.04. The number of hydrogen-bond donors (Lipinski definition) is 0. The maximum atomic E-state index is 6.70. The maximum absolute atomic E-state index is 6.70. The minimum absolute atomic E-state index is 0.897. The van der Waals surface area contributed by atoms with Crippen molar-refractivity contribution in [2.75, 3.05) is 0 Å². The van der Waals surface area contributed by atoms with Crippen LogP contribution >= 0.6 is 0 Å². The van der Waals surface area contributed by atoms with E-state index in [9.17, 15) is 0 Å². The fourth-order valence-corrected chi connectivity index (χ4v) is 5.13. The van der Waals surface area contributed by atoms with E-state index in [-0.39, 0.29) is 0 Å². The minimum atomic E-state index is 0.897. The zero-order valence-corrected chi connectivity index (χ0v) is 20.0. The van der Waals surface area contributed by atoms with Crippen LogP contribution in [-0.2, 0) is 0 Å². The second-order valence-electron chi connectivity index (χ2n) is 9.07. The smallest absolute Gasteiger partial charge is 0.143 e. The van der Waals surface area contributed by atoms with Crippen LogP contribution in [0, 0.1) is 0 Å².